The van der Waals surface area contributed by atoms with Gasteiger partial charge in [0.1, 0.15) is 5.82 Å². The Morgan fingerprint density at radius 1 is 1.39 bits per heavy atom. The van der Waals surface area contributed by atoms with Crippen LogP contribution in [0.5, 0.6) is 0 Å². The van der Waals surface area contributed by atoms with Gasteiger partial charge in [-0.3, -0.25) is 0 Å². The minimum atomic E-state index is -0.141. The quantitative estimate of drug-likeness (QED) is 0.921. The summed E-state index contributed by atoms with van der Waals surface area (Å²) >= 11 is 6.31. The largest absolute Gasteiger partial charge is 0.329 e. The Hall–Kier alpha value is -1.06. The number of hydrogen-bond acceptors (Lipinski definition) is 2. The molecule has 2 rings (SSSR count). The van der Waals surface area contributed by atoms with Crippen LogP contribution in [0.4, 0.5) is 0 Å². The van der Waals surface area contributed by atoms with Crippen molar-refractivity contribution >= 4 is 22.6 Å². The number of imidazole rings is 1. The molecule has 2 N–H and O–H groups in total. The number of para-hydroxylation sites is 1. The van der Waals surface area contributed by atoms with E-state index in [2.05, 4.69) is 25.3 Å². The molecule has 0 saturated carbocycles. The van der Waals surface area contributed by atoms with Crippen LogP contribution >= 0.6 is 11.6 Å². The molecule has 0 aliphatic rings. The van der Waals surface area contributed by atoms with E-state index in [1.807, 2.05) is 18.2 Å². The average molecular weight is 266 g/mol. The smallest absolute Gasteiger partial charge is 0.116 e. The highest BCUT2D eigenvalue weighted by molar-refractivity contribution is 6.35. The summed E-state index contributed by atoms with van der Waals surface area (Å²) < 4.78 is 2.21. The normalized spacial score (nSPS) is 12.3. The first kappa shape index (κ1) is 13.4. The van der Waals surface area contributed by atoms with Crippen molar-refractivity contribution in [3.63, 3.8) is 0 Å². The third kappa shape index (κ3) is 2.13. The van der Waals surface area contributed by atoms with E-state index < -0.39 is 0 Å². The molecule has 0 unspecified atom stereocenters. The van der Waals surface area contributed by atoms with Crippen LogP contribution in [0.1, 0.15) is 33.0 Å². The van der Waals surface area contributed by atoms with E-state index in [4.69, 9.17) is 22.3 Å². The molecule has 1 aromatic heterocycles. The van der Waals surface area contributed by atoms with Crippen molar-refractivity contribution in [3.05, 3.63) is 29.0 Å². The van der Waals surface area contributed by atoms with Gasteiger partial charge in [0.25, 0.3) is 0 Å². The zero-order chi connectivity index (χ0) is 13.3. The Balaban J connectivity index is 2.74. The minimum absolute atomic E-state index is 0.141. The fraction of sp³-hybridized carbons (Fsp3) is 0.500. The number of halogens is 1. The first-order valence-corrected chi connectivity index (χ1v) is 6.74. The first-order chi connectivity index (χ1) is 8.51. The van der Waals surface area contributed by atoms with Crippen LogP contribution < -0.4 is 5.73 Å². The van der Waals surface area contributed by atoms with E-state index in [0.717, 1.165) is 34.8 Å². The van der Waals surface area contributed by atoms with E-state index in [-0.39, 0.29) is 5.41 Å². The summed E-state index contributed by atoms with van der Waals surface area (Å²) in [7, 11) is 0. The van der Waals surface area contributed by atoms with Gasteiger partial charge >= 0.3 is 0 Å². The molecule has 0 amide bonds. The summed E-state index contributed by atoms with van der Waals surface area (Å²) in [5.41, 5.74) is 7.71. The second-order valence-electron chi connectivity index (χ2n) is 5.28. The van der Waals surface area contributed by atoms with Crippen molar-refractivity contribution in [1.29, 1.82) is 0 Å². The van der Waals surface area contributed by atoms with Crippen LogP contribution in [-0.4, -0.2) is 16.1 Å². The second kappa shape index (κ2) is 4.90. The van der Waals surface area contributed by atoms with Gasteiger partial charge in [-0.15, -0.1) is 0 Å². The van der Waals surface area contributed by atoms with Crippen LogP contribution in [0.2, 0.25) is 5.02 Å². The van der Waals surface area contributed by atoms with Crippen molar-refractivity contribution in [1.82, 2.24) is 9.55 Å². The second-order valence-corrected chi connectivity index (χ2v) is 5.69. The Labute approximate surface area is 113 Å². The third-order valence-electron chi connectivity index (χ3n) is 3.28. The molecule has 98 valence electrons. The van der Waals surface area contributed by atoms with Crippen molar-refractivity contribution in [2.45, 2.75) is 39.2 Å². The molecule has 0 atom stereocenters. The lowest BCUT2D eigenvalue weighted by molar-refractivity contribution is 0.469. The predicted octanol–water partition coefficient (Wildman–Crippen LogP) is 3.34. The van der Waals surface area contributed by atoms with Crippen LogP contribution in [0.15, 0.2) is 18.2 Å². The number of hydrogen-bond donors (Lipinski definition) is 1. The lowest BCUT2D eigenvalue weighted by Crippen LogP contribution is -2.31. The molecule has 18 heavy (non-hydrogen) atoms. The molecule has 3 nitrogen and oxygen atoms in total. The van der Waals surface area contributed by atoms with Crippen LogP contribution in [-0.2, 0) is 12.0 Å². The number of fused-ring (bicyclic) bond motifs is 1. The van der Waals surface area contributed by atoms with Crippen molar-refractivity contribution in [2.75, 3.05) is 6.54 Å². The molecule has 0 bridgehead atoms. The highest BCUT2D eigenvalue weighted by atomic mass is 35.5. The molecular formula is C14H20ClN3. The minimum Gasteiger partial charge on any atom is -0.329 e. The fourth-order valence-electron chi connectivity index (χ4n) is 2.19. The van der Waals surface area contributed by atoms with Crippen molar-refractivity contribution < 1.29 is 0 Å². The summed E-state index contributed by atoms with van der Waals surface area (Å²) in [4.78, 5) is 4.73. The maximum Gasteiger partial charge on any atom is 0.116 e. The van der Waals surface area contributed by atoms with Gasteiger partial charge in [0.15, 0.2) is 0 Å². The molecule has 1 aromatic carbocycles. The first-order valence-electron chi connectivity index (χ1n) is 6.36. The van der Waals surface area contributed by atoms with E-state index in [9.17, 15) is 0 Å². The maximum atomic E-state index is 6.31. The van der Waals surface area contributed by atoms with Gasteiger partial charge in [0.2, 0.25) is 0 Å². The number of nitrogens with zero attached hydrogens (tertiary/aromatic N) is 2. The van der Waals surface area contributed by atoms with Gasteiger partial charge in [-0.1, -0.05) is 38.4 Å². The van der Waals surface area contributed by atoms with E-state index in [1.165, 1.54) is 0 Å². The Kier molecular flexibility index (Phi) is 3.64. The average Bonchev–Trinajstić information content (AvgIpc) is 2.71. The number of benzene rings is 1. The van der Waals surface area contributed by atoms with E-state index in [0.29, 0.717) is 6.54 Å². The zero-order valence-corrected chi connectivity index (χ0v) is 12.0. The molecule has 0 radical (unpaired) electrons. The Morgan fingerprint density at radius 2 is 2.11 bits per heavy atom. The summed E-state index contributed by atoms with van der Waals surface area (Å²) in [6.45, 7) is 7.88. The lowest BCUT2D eigenvalue weighted by Gasteiger charge is -2.23. The third-order valence-corrected chi connectivity index (χ3v) is 3.59. The highest BCUT2D eigenvalue weighted by Crippen LogP contribution is 2.30. The molecule has 1 heterocycles. The van der Waals surface area contributed by atoms with Gasteiger partial charge in [-0.05, 0) is 18.6 Å². The Morgan fingerprint density at radius 3 is 2.72 bits per heavy atom. The number of nitrogens with two attached hydrogens (primary N) is 1. The zero-order valence-electron chi connectivity index (χ0n) is 11.2. The molecule has 0 saturated heterocycles. The number of rotatable bonds is 4. The molecule has 2 aromatic rings. The SMILES string of the molecule is CCCn1c(C(C)(C)CN)nc2cccc(Cl)c21. The van der Waals surface area contributed by atoms with Gasteiger partial charge in [0.05, 0.1) is 16.1 Å². The van der Waals surface area contributed by atoms with E-state index in [1.54, 1.807) is 0 Å². The van der Waals surface area contributed by atoms with Gasteiger partial charge in [0, 0.05) is 18.5 Å². The van der Waals surface area contributed by atoms with Gasteiger partial charge in [-0.25, -0.2) is 4.98 Å². The highest BCUT2D eigenvalue weighted by Gasteiger charge is 2.26. The molecular weight excluding hydrogens is 246 g/mol. The summed E-state index contributed by atoms with van der Waals surface area (Å²) in [6.07, 6.45) is 1.05. The monoisotopic (exact) mass is 265 g/mol. The number of aromatic nitrogens is 2. The topological polar surface area (TPSA) is 43.8 Å². The van der Waals surface area contributed by atoms with Crippen molar-refractivity contribution in [3.8, 4) is 0 Å². The van der Waals surface area contributed by atoms with Gasteiger partial charge < -0.3 is 10.3 Å². The van der Waals surface area contributed by atoms with Gasteiger partial charge in [-0.2, -0.15) is 0 Å². The molecule has 4 heteroatoms. The van der Waals surface area contributed by atoms with Crippen LogP contribution in [0.25, 0.3) is 11.0 Å². The predicted molar refractivity (Wildman–Crippen MR) is 77.1 cm³/mol. The lowest BCUT2D eigenvalue weighted by atomic mass is 9.92. The van der Waals surface area contributed by atoms with E-state index >= 15 is 0 Å². The molecule has 0 aliphatic carbocycles. The molecule has 0 spiro atoms. The van der Waals surface area contributed by atoms with Crippen molar-refractivity contribution in [2.24, 2.45) is 5.73 Å². The summed E-state index contributed by atoms with van der Waals surface area (Å²) in [5, 5.41) is 0.757. The Bertz CT molecular complexity index is 557. The fourth-order valence-corrected chi connectivity index (χ4v) is 2.46. The summed E-state index contributed by atoms with van der Waals surface area (Å²) in [6, 6.07) is 5.85. The summed E-state index contributed by atoms with van der Waals surface area (Å²) in [5.74, 6) is 1.02. The standard InChI is InChI=1S/C14H20ClN3/c1-4-8-18-12-10(15)6-5-7-11(12)17-13(18)14(2,3)9-16/h5-7H,4,8-9,16H2,1-3H3. The number of aryl methyl sites for hydroxylation is 1. The van der Waals surface area contributed by atoms with Crippen LogP contribution in [0.3, 0.4) is 0 Å². The molecule has 0 fully saturated rings. The molecule has 0 aliphatic heterocycles. The van der Waals surface area contributed by atoms with Crippen LogP contribution in [0, 0.1) is 0 Å². The maximum absolute atomic E-state index is 6.31.